The second kappa shape index (κ2) is 6.80. The number of nitrogens with two attached hydrogens (primary N) is 1. The predicted octanol–water partition coefficient (Wildman–Crippen LogP) is 2.25. The lowest BCUT2D eigenvalue weighted by atomic mass is 10.0. The highest BCUT2D eigenvalue weighted by Crippen LogP contribution is 2.48. The van der Waals surface area contributed by atoms with E-state index in [0.717, 1.165) is 25.3 Å². The smallest absolute Gasteiger partial charge is 0.251 e. The molecule has 1 aliphatic carbocycles. The Morgan fingerprint density at radius 3 is 2.81 bits per heavy atom. The van der Waals surface area contributed by atoms with Crippen LogP contribution in [0.25, 0.3) is 0 Å². The lowest BCUT2D eigenvalue weighted by molar-refractivity contribution is 0.0956. The number of carbonyl (C=O) groups excluding carboxylic acids is 1. The molecule has 1 aliphatic rings. The van der Waals surface area contributed by atoms with Crippen LogP contribution < -0.4 is 16.4 Å². The Balaban J connectivity index is 1.99. The number of anilines is 2. The maximum atomic E-state index is 11.9. The molecular weight excluding hydrogens is 266 g/mol. The molecule has 1 saturated carbocycles. The van der Waals surface area contributed by atoms with Gasteiger partial charge in [0.1, 0.15) is 0 Å². The molecule has 0 heterocycles. The van der Waals surface area contributed by atoms with Gasteiger partial charge in [-0.3, -0.25) is 4.79 Å². The highest BCUT2D eigenvalue weighted by Gasteiger charge is 2.41. The van der Waals surface area contributed by atoms with Gasteiger partial charge in [0.05, 0.1) is 11.4 Å². The van der Waals surface area contributed by atoms with Crippen molar-refractivity contribution in [3.63, 3.8) is 0 Å². The first kappa shape index (κ1) is 15.6. The van der Waals surface area contributed by atoms with Gasteiger partial charge in [0.2, 0.25) is 0 Å². The normalized spacial score (nSPS) is 15.5. The van der Waals surface area contributed by atoms with E-state index in [4.69, 9.17) is 10.5 Å². The molecule has 1 aromatic rings. The van der Waals surface area contributed by atoms with Gasteiger partial charge in [0.15, 0.2) is 0 Å². The summed E-state index contributed by atoms with van der Waals surface area (Å²) in [6, 6.07) is 5.36. The van der Waals surface area contributed by atoms with E-state index in [9.17, 15) is 4.79 Å². The van der Waals surface area contributed by atoms with Crippen LogP contribution >= 0.6 is 0 Å². The fourth-order valence-electron chi connectivity index (χ4n) is 2.41. The second-order valence-electron chi connectivity index (χ2n) is 5.76. The molecule has 0 radical (unpaired) electrons. The van der Waals surface area contributed by atoms with Crippen molar-refractivity contribution in [1.82, 2.24) is 5.32 Å². The Morgan fingerprint density at radius 1 is 1.43 bits per heavy atom. The number of benzene rings is 1. The van der Waals surface area contributed by atoms with Gasteiger partial charge in [-0.15, -0.1) is 0 Å². The van der Waals surface area contributed by atoms with Crippen molar-refractivity contribution in [3.05, 3.63) is 23.8 Å². The van der Waals surface area contributed by atoms with Crippen LogP contribution in [0.15, 0.2) is 18.2 Å². The number of nitrogens with one attached hydrogen (secondary N) is 2. The molecule has 0 saturated heterocycles. The molecule has 1 aromatic carbocycles. The van der Waals surface area contributed by atoms with Crippen LogP contribution in [0.3, 0.4) is 0 Å². The summed E-state index contributed by atoms with van der Waals surface area (Å²) in [6.07, 6.45) is 3.50. The first-order valence-electron chi connectivity index (χ1n) is 7.51. The van der Waals surface area contributed by atoms with Gasteiger partial charge < -0.3 is 21.1 Å². The summed E-state index contributed by atoms with van der Waals surface area (Å²) in [6.45, 7) is 4.18. The third kappa shape index (κ3) is 4.11. The van der Waals surface area contributed by atoms with Crippen LogP contribution in [-0.4, -0.2) is 32.7 Å². The molecule has 1 fully saturated rings. The fraction of sp³-hybridized carbons (Fsp3) is 0.562. The zero-order chi connectivity index (χ0) is 15.3. The zero-order valence-corrected chi connectivity index (χ0v) is 12.9. The van der Waals surface area contributed by atoms with Gasteiger partial charge in [-0.2, -0.15) is 0 Å². The molecule has 2 rings (SSSR count). The number of rotatable bonds is 8. The van der Waals surface area contributed by atoms with E-state index in [2.05, 4.69) is 10.6 Å². The molecule has 1 amide bonds. The van der Waals surface area contributed by atoms with Crippen molar-refractivity contribution in [2.75, 3.05) is 37.9 Å². The van der Waals surface area contributed by atoms with E-state index >= 15 is 0 Å². The molecule has 0 aromatic heterocycles. The van der Waals surface area contributed by atoms with E-state index in [1.165, 1.54) is 12.8 Å². The summed E-state index contributed by atoms with van der Waals surface area (Å²) in [5, 5.41) is 6.20. The monoisotopic (exact) mass is 291 g/mol. The lowest BCUT2D eigenvalue weighted by Gasteiger charge is -2.18. The van der Waals surface area contributed by atoms with E-state index in [-0.39, 0.29) is 5.91 Å². The molecule has 21 heavy (non-hydrogen) atoms. The highest BCUT2D eigenvalue weighted by molar-refractivity contribution is 5.96. The molecule has 5 nitrogen and oxygen atoms in total. The minimum atomic E-state index is -0.0685. The Morgan fingerprint density at radius 2 is 2.19 bits per heavy atom. The van der Waals surface area contributed by atoms with Gasteiger partial charge >= 0.3 is 0 Å². The zero-order valence-electron chi connectivity index (χ0n) is 12.9. The van der Waals surface area contributed by atoms with Crippen molar-refractivity contribution in [3.8, 4) is 0 Å². The predicted molar refractivity (Wildman–Crippen MR) is 85.5 cm³/mol. The summed E-state index contributed by atoms with van der Waals surface area (Å²) in [5.41, 5.74) is 8.47. The quantitative estimate of drug-likeness (QED) is 0.642. The van der Waals surface area contributed by atoms with Crippen LogP contribution in [0.1, 0.15) is 36.5 Å². The largest absolute Gasteiger partial charge is 0.397 e. The summed E-state index contributed by atoms with van der Waals surface area (Å²) in [4.78, 5) is 11.9. The van der Waals surface area contributed by atoms with Gasteiger partial charge in [-0.05, 0) is 49.8 Å². The number of nitrogen functional groups attached to an aromatic ring is 1. The van der Waals surface area contributed by atoms with E-state index in [1.54, 1.807) is 19.2 Å². The summed E-state index contributed by atoms with van der Waals surface area (Å²) >= 11 is 0. The molecule has 4 N–H and O–H groups in total. The SMILES string of the molecule is CCNC(=O)c1ccc(N)c(NCC2(CCOC)CC2)c1. The Hall–Kier alpha value is -1.75. The van der Waals surface area contributed by atoms with Crippen molar-refractivity contribution in [1.29, 1.82) is 0 Å². The molecule has 0 spiro atoms. The van der Waals surface area contributed by atoms with Crippen LogP contribution in [0.4, 0.5) is 11.4 Å². The first-order valence-corrected chi connectivity index (χ1v) is 7.51. The van der Waals surface area contributed by atoms with Gasteiger partial charge in [-0.25, -0.2) is 0 Å². The van der Waals surface area contributed by atoms with E-state index in [1.807, 2.05) is 13.0 Å². The molecule has 0 unspecified atom stereocenters. The van der Waals surface area contributed by atoms with Gasteiger partial charge in [-0.1, -0.05) is 0 Å². The standard InChI is InChI=1S/C16H25N3O2/c1-3-18-15(20)12-4-5-13(17)14(10-12)19-11-16(6-7-16)8-9-21-2/h4-5,10,19H,3,6-9,11,17H2,1-2H3,(H,18,20). The van der Waals surface area contributed by atoms with Crippen molar-refractivity contribution in [2.24, 2.45) is 5.41 Å². The number of carbonyl (C=O) groups is 1. The molecule has 0 atom stereocenters. The molecular formula is C16H25N3O2. The topological polar surface area (TPSA) is 76.4 Å². The van der Waals surface area contributed by atoms with Crippen LogP contribution in [0, 0.1) is 5.41 Å². The van der Waals surface area contributed by atoms with Crippen LogP contribution in [0.2, 0.25) is 0 Å². The van der Waals surface area contributed by atoms with Crippen molar-refractivity contribution in [2.45, 2.75) is 26.2 Å². The van der Waals surface area contributed by atoms with Gasteiger partial charge in [0.25, 0.3) is 5.91 Å². The summed E-state index contributed by atoms with van der Waals surface area (Å²) < 4.78 is 5.17. The maximum absolute atomic E-state index is 11.9. The summed E-state index contributed by atoms with van der Waals surface area (Å²) in [5.74, 6) is -0.0685. The Kier molecular flexibility index (Phi) is 5.07. The fourth-order valence-corrected chi connectivity index (χ4v) is 2.41. The van der Waals surface area contributed by atoms with Crippen LogP contribution in [-0.2, 0) is 4.74 Å². The maximum Gasteiger partial charge on any atom is 0.251 e. The van der Waals surface area contributed by atoms with Crippen LogP contribution in [0.5, 0.6) is 0 Å². The Bertz CT molecular complexity index is 498. The van der Waals surface area contributed by atoms with Crippen molar-refractivity contribution >= 4 is 17.3 Å². The average molecular weight is 291 g/mol. The van der Waals surface area contributed by atoms with E-state index < -0.39 is 0 Å². The minimum Gasteiger partial charge on any atom is -0.397 e. The van der Waals surface area contributed by atoms with Crippen molar-refractivity contribution < 1.29 is 9.53 Å². The third-order valence-corrected chi connectivity index (χ3v) is 4.10. The molecule has 5 heteroatoms. The minimum absolute atomic E-state index is 0.0685. The molecule has 0 bridgehead atoms. The molecule has 0 aliphatic heterocycles. The number of methoxy groups -OCH3 is 1. The van der Waals surface area contributed by atoms with E-state index in [0.29, 0.717) is 23.2 Å². The number of hydrogen-bond acceptors (Lipinski definition) is 4. The number of amides is 1. The molecule has 116 valence electrons. The number of hydrogen-bond donors (Lipinski definition) is 3. The lowest BCUT2D eigenvalue weighted by Crippen LogP contribution is -2.23. The Labute approximate surface area is 126 Å². The highest BCUT2D eigenvalue weighted by atomic mass is 16.5. The van der Waals surface area contributed by atoms with Gasteiger partial charge in [0, 0.05) is 32.4 Å². The third-order valence-electron chi connectivity index (χ3n) is 4.10. The summed E-state index contributed by atoms with van der Waals surface area (Å²) in [7, 11) is 1.73. The first-order chi connectivity index (χ1) is 10.1. The average Bonchev–Trinajstić information content (AvgIpc) is 3.25. The second-order valence-corrected chi connectivity index (χ2v) is 5.76. The number of ether oxygens (including phenoxy) is 1.